The van der Waals surface area contributed by atoms with Crippen molar-refractivity contribution in [3.63, 3.8) is 0 Å². The van der Waals surface area contributed by atoms with Gasteiger partial charge >= 0.3 is 6.18 Å². The van der Waals surface area contributed by atoms with Crippen molar-refractivity contribution in [1.82, 2.24) is 19.8 Å². The van der Waals surface area contributed by atoms with Gasteiger partial charge in [0.1, 0.15) is 12.1 Å². The number of hydrogen-bond acceptors (Lipinski definition) is 5. The largest absolute Gasteiger partial charge is 0.439 e. The fourth-order valence-corrected chi connectivity index (χ4v) is 3.56. The molecule has 9 heteroatoms. The average Bonchev–Trinajstić information content (AvgIpc) is 2.66. The summed E-state index contributed by atoms with van der Waals surface area (Å²) < 4.78 is 43.9. The number of aromatic nitrogens is 2. The van der Waals surface area contributed by atoms with Gasteiger partial charge in [-0.15, -0.1) is 0 Å². The van der Waals surface area contributed by atoms with Crippen molar-refractivity contribution < 1.29 is 22.7 Å². The van der Waals surface area contributed by atoms with Gasteiger partial charge in [0.25, 0.3) is 0 Å². The molecule has 1 aromatic carbocycles. The van der Waals surface area contributed by atoms with Crippen molar-refractivity contribution in [1.29, 1.82) is 0 Å². The van der Waals surface area contributed by atoms with Crippen LogP contribution in [0.1, 0.15) is 16.8 Å². The Kier molecular flexibility index (Phi) is 4.99. The Bertz CT molecular complexity index is 924. The second-order valence-electron chi connectivity index (χ2n) is 7.05. The van der Waals surface area contributed by atoms with Crippen LogP contribution in [0, 0.1) is 0 Å². The van der Waals surface area contributed by atoms with E-state index in [0.29, 0.717) is 37.7 Å². The molecule has 1 aromatic heterocycles. The first kappa shape index (κ1) is 19.4. The first-order chi connectivity index (χ1) is 13.8. The van der Waals surface area contributed by atoms with Gasteiger partial charge < -0.3 is 9.64 Å². The number of likely N-dealkylation sites (tertiary alicyclic amines) is 1. The van der Waals surface area contributed by atoms with E-state index < -0.39 is 11.7 Å². The minimum absolute atomic E-state index is 0.0618. The van der Waals surface area contributed by atoms with Crippen molar-refractivity contribution in [3.8, 4) is 11.6 Å². The van der Waals surface area contributed by atoms with Crippen LogP contribution >= 0.6 is 0 Å². The predicted molar refractivity (Wildman–Crippen MR) is 98.2 cm³/mol. The summed E-state index contributed by atoms with van der Waals surface area (Å²) >= 11 is 0. The predicted octanol–water partition coefficient (Wildman–Crippen LogP) is 3.04. The highest BCUT2D eigenvalue weighted by molar-refractivity contribution is 5.87. The molecule has 0 spiro atoms. The molecule has 2 aliphatic heterocycles. The monoisotopic (exact) mass is 404 g/mol. The summed E-state index contributed by atoms with van der Waals surface area (Å²) in [5.74, 6) is 0.596. The summed E-state index contributed by atoms with van der Waals surface area (Å²) in [7, 11) is 0. The van der Waals surface area contributed by atoms with Crippen LogP contribution in [0.15, 0.2) is 43.2 Å². The second kappa shape index (κ2) is 7.47. The number of nitrogens with zero attached hydrogens (tertiary/aromatic N) is 4. The Labute approximate surface area is 165 Å². The number of ether oxygens (including phenoxy) is 1. The average molecular weight is 404 g/mol. The van der Waals surface area contributed by atoms with Crippen LogP contribution in [-0.2, 0) is 23.9 Å². The molecule has 2 aromatic rings. The summed E-state index contributed by atoms with van der Waals surface area (Å²) in [5, 5.41) is 0. The summed E-state index contributed by atoms with van der Waals surface area (Å²) in [5.41, 5.74) is 0.971. The van der Waals surface area contributed by atoms with Gasteiger partial charge in [0.15, 0.2) is 0 Å². The normalized spacial score (nSPS) is 17.4. The van der Waals surface area contributed by atoms with Gasteiger partial charge in [-0.3, -0.25) is 9.69 Å². The maximum atomic E-state index is 12.7. The summed E-state index contributed by atoms with van der Waals surface area (Å²) in [6.45, 7) is 6.22. The molecule has 6 nitrogen and oxygen atoms in total. The minimum Gasteiger partial charge on any atom is -0.439 e. The molecule has 0 N–H and O–H groups in total. The molecule has 0 aliphatic carbocycles. The van der Waals surface area contributed by atoms with Gasteiger partial charge in [-0.25, -0.2) is 9.97 Å². The molecule has 0 bridgehead atoms. The second-order valence-corrected chi connectivity index (χ2v) is 7.05. The van der Waals surface area contributed by atoms with E-state index in [0.717, 1.165) is 29.9 Å². The Morgan fingerprint density at radius 3 is 2.59 bits per heavy atom. The zero-order chi connectivity index (χ0) is 20.6. The highest BCUT2D eigenvalue weighted by Crippen LogP contribution is 2.33. The zero-order valence-electron chi connectivity index (χ0n) is 15.5. The van der Waals surface area contributed by atoms with Crippen molar-refractivity contribution >= 4 is 5.91 Å². The maximum absolute atomic E-state index is 12.7. The lowest BCUT2D eigenvalue weighted by atomic mass is 10.0. The standard InChI is InChI=1S/C20H19F3N4O2/c1-2-18(28)27-9-14(10-27)26-8-7-16-17(11-26)24-12-25-19(16)29-15-5-3-13(4-6-15)20(21,22)23/h2-6,12,14H,1,7-11H2. The van der Waals surface area contributed by atoms with E-state index in [9.17, 15) is 18.0 Å². The number of fused-ring (bicyclic) bond motifs is 1. The van der Waals surface area contributed by atoms with Gasteiger partial charge in [0.05, 0.1) is 11.3 Å². The molecule has 3 heterocycles. The van der Waals surface area contributed by atoms with Crippen LogP contribution in [0.4, 0.5) is 13.2 Å². The lowest BCUT2D eigenvalue weighted by Gasteiger charge is -2.46. The molecule has 2 aliphatic rings. The van der Waals surface area contributed by atoms with Crippen LogP contribution in [0.3, 0.4) is 0 Å². The number of carbonyl (C=O) groups excluding carboxylic acids is 1. The van der Waals surface area contributed by atoms with E-state index in [1.54, 1.807) is 4.90 Å². The van der Waals surface area contributed by atoms with Gasteiger partial charge in [0, 0.05) is 37.8 Å². The number of benzene rings is 1. The summed E-state index contributed by atoms with van der Waals surface area (Å²) in [6, 6.07) is 4.81. The van der Waals surface area contributed by atoms with E-state index in [1.165, 1.54) is 24.5 Å². The Morgan fingerprint density at radius 1 is 1.21 bits per heavy atom. The Hall–Kier alpha value is -2.94. The van der Waals surface area contributed by atoms with Gasteiger partial charge in [-0.1, -0.05) is 6.58 Å². The van der Waals surface area contributed by atoms with Crippen LogP contribution in [0.2, 0.25) is 0 Å². The fourth-order valence-electron chi connectivity index (χ4n) is 3.56. The number of rotatable bonds is 4. The molecular weight excluding hydrogens is 385 g/mol. The van der Waals surface area contributed by atoms with E-state index in [2.05, 4.69) is 21.4 Å². The summed E-state index contributed by atoms with van der Waals surface area (Å²) in [4.78, 5) is 24.1. The molecule has 0 atom stereocenters. The number of carbonyl (C=O) groups is 1. The first-order valence-corrected chi connectivity index (χ1v) is 9.18. The first-order valence-electron chi connectivity index (χ1n) is 9.18. The lowest BCUT2D eigenvalue weighted by Crippen LogP contribution is -2.61. The lowest BCUT2D eigenvalue weighted by molar-refractivity contribution is -0.137. The van der Waals surface area contributed by atoms with Crippen LogP contribution in [0.25, 0.3) is 0 Å². The van der Waals surface area contributed by atoms with Gasteiger partial charge in [0.2, 0.25) is 11.8 Å². The molecule has 0 saturated carbocycles. The van der Waals surface area contributed by atoms with Crippen LogP contribution in [0.5, 0.6) is 11.6 Å². The van der Waals surface area contributed by atoms with E-state index >= 15 is 0 Å². The topological polar surface area (TPSA) is 58.6 Å². The van der Waals surface area contributed by atoms with Crippen LogP contribution in [-0.4, -0.2) is 51.4 Å². The third-order valence-corrected chi connectivity index (χ3v) is 5.26. The van der Waals surface area contributed by atoms with E-state index in [1.807, 2.05) is 0 Å². The molecule has 0 radical (unpaired) electrons. The van der Waals surface area contributed by atoms with Crippen molar-refractivity contribution in [3.05, 3.63) is 60.1 Å². The number of amides is 1. The van der Waals surface area contributed by atoms with Crippen molar-refractivity contribution in [2.75, 3.05) is 19.6 Å². The van der Waals surface area contributed by atoms with Crippen molar-refractivity contribution in [2.24, 2.45) is 0 Å². The van der Waals surface area contributed by atoms with E-state index in [4.69, 9.17) is 4.74 Å². The Morgan fingerprint density at radius 2 is 1.93 bits per heavy atom. The molecule has 1 saturated heterocycles. The zero-order valence-corrected chi connectivity index (χ0v) is 15.5. The Balaban J connectivity index is 1.44. The highest BCUT2D eigenvalue weighted by Gasteiger charge is 2.36. The van der Waals surface area contributed by atoms with Gasteiger partial charge in [-0.2, -0.15) is 13.2 Å². The molecule has 152 valence electrons. The molecular formula is C20H19F3N4O2. The third kappa shape index (κ3) is 3.95. The third-order valence-electron chi connectivity index (χ3n) is 5.26. The molecule has 1 amide bonds. The molecule has 4 rings (SSSR count). The van der Waals surface area contributed by atoms with Crippen LogP contribution < -0.4 is 4.74 Å². The number of hydrogen-bond donors (Lipinski definition) is 0. The molecule has 0 unspecified atom stereocenters. The molecule has 29 heavy (non-hydrogen) atoms. The van der Waals surface area contributed by atoms with Gasteiger partial charge in [-0.05, 0) is 36.8 Å². The minimum atomic E-state index is -4.39. The SMILES string of the molecule is C=CC(=O)N1CC(N2CCc3c(ncnc3Oc3ccc(C(F)(F)F)cc3)C2)C1. The fraction of sp³-hybridized carbons (Fsp3) is 0.350. The van der Waals surface area contributed by atoms with E-state index in [-0.39, 0.29) is 11.9 Å². The number of alkyl halides is 3. The highest BCUT2D eigenvalue weighted by atomic mass is 19.4. The maximum Gasteiger partial charge on any atom is 0.416 e. The number of halogens is 3. The smallest absolute Gasteiger partial charge is 0.416 e. The molecule has 1 fully saturated rings. The summed E-state index contributed by atoms with van der Waals surface area (Å²) in [6.07, 6.45) is -1.00. The quantitative estimate of drug-likeness (QED) is 0.734. The van der Waals surface area contributed by atoms with Crippen molar-refractivity contribution in [2.45, 2.75) is 25.2 Å².